The number of methoxy groups -OCH3 is 1. The number of amides is 1. The molecule has 2 heterocycles. The summed E-state index contributed by atoms with van der Waals surface area (Å²) in [6.07, 6.45) is 1.36. The standard InChI is InChI=1S/C23H28N2O4/c1-16-22(29-21-8-4-3-7-20(21)28-16)23(26)24-15-19(25-13-5-6-14-25)17-9-11-18(27-2)12-10-17/h3-4,7-12,16,19,22H,5-6,13-15H2,1-2H3,(H,24,26). The molecule has 2 aromatic carbocycles. The van der Waals surface area contributed by atoms with Crippen molar-refractivity contribution in [2.75, 3.05) is 26.7 Å². The van der Waals surface area contributed by atoms with Gasteiger partial charge in [-0.3, -0.25) is 9.69 Å². The number of nitrogens with one attached hydrogen (secondary N) is 1. The summed E-state index contributed by atoms with van der Waals surface area (Å²) in [6, 6.07) is 15.7. The molecule has 3 atom stereocenters. The fraction of sp³-hybridized carbons (Fsp3) is 0.435. The van der Waals surface area contributed by atoms with Gasteiger partial charge in [-0.15, -0.1) is 0 Å². The molecule has 2 aliphatic rings. The van der Waals surface area contributed by atoms with Crippen LogP contribution in [0.2, 0.25) is 0 Å². The summed E-state index contributed by atoms with van der Waals surface area (Å²) in [5.74, 6) is 1.97. The predicted octanol–water partition coefficient (Wildman–Crippen LogP) is 3.18. The van der Waals surface area contributed by atoms with E-state index in [0.29, 0.717) is 18.0 Å². The second-order valence-corrected chi connectivity index (χ2v) is 7.59. The number of fused-ring (bicyclic) bond motifs is 1. The molecule has 0 bridgehead atoms. The first-order chi connectivity index (χ1) is 14.2. The Hall–Kier alpha value is -2.73. The molecule has 0 radical (unpaired) electrons. The minimum atomic E-state index is -0.667. The Morgan fingerprint density at radius 1 is 1.10 bits per heavy atom. The predicted molar refractivity (Wildman–Crippen MR) is 110 cm³/mol. The lowest BCUT2D eigenvalue weighted by molar-refractivity contribution is -0.133. The number of carbonyl (C=O) groups excluding carboxylic acids is 1. The molecule has 4 rings (SSSR count). The molecule has 0 saturated carbocycles. The van der Waals surface area contributed by atoms with Crippen LogP contribution < -0.4 is 19.5 Å². The van der Waals surface area contributed by atoms with E-state index in [1.54, 1.807) is 7.11 Å². The van der Waals surface area contributed by atoms with Crippen molar-refractivity contribution < 1.29 is 19.0 Å². The second-order valence-electron chi connectivity index (χ2n) is 7.59. The smallest absolute Gasteiger partial charge is 0.265 e. The molecule has 0 aromatic heterocycles. The topological polar surface area (TPSA) is 60.0 Å². The lowest BCUT2D eigenvalue weighted by atomic mass is 10.0. The fourth-order valence-corrected chi connectivity index (χ4v) is 4.04. The van der Waals surface area contributed by atoms with Crippen LogP contribution in [0.4, 0.5) is 0 Å². The Kier molecular flexibility index (Phi) is 5.90. The molecular weight excluding hydrogens is 368 g/mol. The van der Waals surface area contributed by atoms with Crippen LogP contribution in [0.3, 0.4) is 0 Å². The van der Waals surface area contributed by atoms with E-state index in [0.717, 1.165) is 18.8 Å². The van der Waals surface area contributed by atoms with Gasteiger partial charge in [0, 0.05) is 6.54 Å². The molecule has 6 nitrogen and oxygen atoms in total. The highest BCUT2D eigenvalue weighted by Crippen LogP contribution is 2.33. The van der Waals surface area contributed by atoms with Crippen LogP contribution in [0.25, 0.3) is 0 Å². The average molecular weight is 396 g/mol. The molecule has 1 amide bonds. The maximum Gasteiger partial charge on any atom is 0.265 e. The molecule has 3 unspecified atom stereocenters. The molecule has 0 spiro atoms. The number of para-hydroxylation sites is 2. The molecule has 0 aliphatic carbocycles. The number of rotatable bonds is 6. The van der Waals surface area contributed by atoms with Crippen molar-refractivity contribution in [3.63, 3.8) is 0 Å². The van der Waals surface area contributed by atoms with Gasteiger partial charge in [0.1, 0.15) is 11.9 Å². The van der Waals surface area contributed by atoms with Crippen molar-refractivity contribution in [2.24, 2.45) is 0 Å². The number of nitrogens with zero attached hydrogens (tertiary/aromatic N) is 1. The molecule has 2 aliphatic heterocycles. The highest BCUT2D eigenvalue weighted by Gasteiger charge is 2.34. The molecular formula is C23H28N2O4. The fourth-order valence-electron chi connectivity index (χ4n) is 4.04. The van der Waals surface area contributed by atoms with Crippen molar-refractivity contribution in [1.29, 1.82) is 0 Å². The van der Waals surface area contributed by atoms with Crippen molar-refractivity contribution in [1.82, 2.24) is 10.2 Å². The highest BCUT2D eigenvalue weighted by atomic mass is 16.6. The van der Waals surface area contributed by atoms with Gasteiger partial charge in [-0.2, -0.15) is 0 Å². The van der Waals surface area contributed by atoms with E-state index in [2.05, 4.69) is 22.3 Å². The lowest BCUT2D eigenvalue weighted by Crippen LogP contribution is -2.50. The Bertz CT molecular complexity index is 833. The summed E-state index contributed by atoms with van der Waals surface area (Å²) >= 11 is 0. The Morgan fingerprint density at radius 2 is 1.76 bits per heavy atom. The van der Waals surface area contributed by atoms with Crippen molar-refractivity contribution >= 4 is 5.91 Å². The molecule has 154 valence electrons. The Morgan fingerprint density at radius 3 is 2.41 bits per heavy atom. The Labute approximate surface area is 171 Å². The van der Waals surface area contributed by atoms with Crippen LogP contribution in [0.15, 0.2) is 48.5 Å². The number of hydrogen-bond acceptors (Lipinski definition) is 5. The minimum Gasteiger partial charge on any atom is -0.497 e. The zero-order chi connectivity index (χ0) is 20.2. The van der Waals surface area contributed by atoms with Crippen LogP contribution in [0.5, 0.6) is 17.2 Å². The zero-order valence-corrected chi connectivity index (χ0v) is 17.0. The van der Waals surface area contributed by atoms with Crippen molar-refractivity contribution in [3.8, 4) is 17.2 Å². The normalized spacial score (nSPS) is 22.1. The van der Waals surface area contributed by atoms with Gasteiger partial charge in [0.25, 0.3) is 5.91 Å². The highest BCUT2D eigenvalue weighted by molar-refractivity contribution is 5.82. The third-order valence-electron chi connectivity index (χ3n) is 5.65. The van der Waals surface area contributed by atoms with E-state index in [-0.39, 0.29) is 18.1 Å². The summed E-state index contributed by atoms with van der Waals surface area (Å²) in [5.41, 5.74) is 1.17. The van der Waals surface area contributed by atoms with Crippen molar-refractivity contribution in [3.05, 3.63) is 54.1 Å². The molecule has 29 heavy (non-hydrogen) atoms. The second kappa shape index (κ2) is 8.74. The number of carbonyl (C=O) groups is 1. The summed E-state index contributed by atoms with van der Waals surface area (Å²) < 4.78 is 17.1. The third-order valence-corrected chi connectivity index (χ3v) is 5.65. The average Bonchev–Trinajstić information content (AvgIpc) is 3.28. The summed E-state index contributed by atoms with van der Waals surface area (Å²) in [7, 11) is 1.67. The van der Waals surface area contributed by atoms with E-state index in [1.165, 1.54) is 18.4 Å². The monoisotopic (exact) mass is 396 g/mol. The number of likely N-dealkylation sites (tertiary alicyclic amines) is 1. The van der Waals surface area contributed by atoms with Crippen LogP contribution >= 0.6 is 0 Å². The Balaban J connectivity index is 1.44. The SMILES string of the molecule is COc1ccc(C(CNC(=O)C2Oc3ccccc3OC2C)N2CCCC2)cc1. The first-order valence-corrected chi connectivity index (χ1v) is 10.2. The van der Waals surface area contributed by atoms with Crippen LogP contribution in [0, 0.1) is 0 Å². The van der Waals surface area contributed by atoms with Gasteiger partial charge in [0.2, 0.25) is 6.10 Å². The third kappa shape index (κ3) is 4.32. The quantitative estimate of drug-likeness (QED) is 0.813. The van der Waals surface area contributed by atoms with Crippen LogP contribution in [-0.4, -0.2) is 49.8 Å². The lowest BCUT2D eigenvalue weighted by Gasteiger charge is -2.32. The number of hydrogen-bond donors (Lipinski definition) is 1. The van der Waals surface area contributed by atoms with Crippen LogP contribution in [0.1, 0.15) is 31.4 Å². The molecule has 1 N–H and O–H groups in total. The van der Waals surface area contributed by atoms with E-state index < -0.39 is 6.10 Å². The molecule has 6 heteroatoms. The van der Waals surface area contributed by atoms with E-state index in [4.69, 9.17) is 14.2 Å². The van der Waals surface area contributed by atoms with E-state index in [9.17, 15) is 4.79 Å². The maximum atomic E-state index is 12.9. The van der Waals surface area contributed by atoms with Gasteiger partial charge in [-0.25, -0.2) is 0 Å². The van der Waals surface area contributed by atoms with Gasteiger partial charge in [-0.1, -0.05) is 24.3 Å². The minimum absolute atomic E-state index is 0.124. The van der Waals surface area contributed by atoms with Crippen molar-refractivity contribution in [2.45, 2.75) is 38.0 Å². The molecule has 1 fully saturated rings. The zero-order valence-electron chi connectivity index (χ0n) is 17.0. The van der Waals surface area contributed by atoms with E-state index >= 15 is 0 Å². The van der Waals surface area contributed by atoms with Gasteiger partial charge in [0.05, 0.1) is 13.2 Å². The molecule has 2 aromatic rings. The maximum absolute atomic E-state index is 12.9. The van der Waals surface area contributed by atoms with Crippen LogP contribution in [-0.2, 0) is 4.79 Å². The first kappa shape index (κ1) is 19.6. The van der Waals surface area contributed by atoms with E-state index in [1.807, 2.05) is 43.3 Å². The van der Waals surface area contributed by atoms with Gasteiger partial charge < -0.3 is 19.5 Å². The summed E-state index contributed by atoms with van der Waals surface area (Å²) in [6.45, 7) is 4.47. The van der Waals surface area contributed by atoms with Gasteiger partial charge in [0.15, 0.2) is 11.5 Å². The number of benzene rings is 2. The van der Waals surface area contributed by atoms with Gasteiger partial charge in [-0.05, 0) is 62.7 Å². The summed E-state index contributed by atoms with van der Waals surface area (Å²) in [5, 5.41) is 3.10. The largest absolute Gasteiger partial charge is 0.497 e. The summed E-state index contributed by atoms with van der Waals surface area (Å²) in [4.78, 5) is 15.3. The number of ether oxygens (including phenoxy) is 3. The van der Waals surface area contributed by atoms with Gasteiger partial charge >= 0.3 is 0 Å². The molecule has 1 saturated heterocycles. The first-order valence-electron chi connectivity index (χ1n) is 10.2.